The molecule has 0 fully saturated rings. The summed E-state index contributed by atoms with van der Waals surface area (Å²) >= 11 is 6.26. The molecule has 1 aliphatic heterocycles. The predicted molar refractivity (Wildman–Crippen MR) is 99.3 cm³/mol. The topological polar surface area (TPSA) is 76.2 Å². The molecule has 0 radical (unpaired) electrons. The molecule has 0 atom stereocenters. The van der Waals surface area contributed by atoms with Crippen molar-refractivity contribution >= 4 is 28.5 Å². The lowest BCUT2D eigenvalue weighted by atomic mass is 10.1. The Morgan fingerprint density at radius 2 is 2.07 bits per heavy atom. The summed E-state index contributed by atoms with van der Waals surface area (Å²) in [4.78, 5) is 18.8. The molecule has 1 aliphatic rings. The molecule has 28 heavy (non-hydrogen) atoms. The number of fused-ring (bicyclic) bond motifs is 2. The SMILES string of the molecule is O=C(NCc1cc(Cl)c2c(c1)OCCCO2)c1ccc2nc(C(F)F)[nH]c2c1. The molecule has 2 aromatic carbocycles. The Kier molecular flexibility index (Phi) is 5.04. The highest BCUT2D eigenvalue weighted by Gasteiger charge is 2.17. The fourth-order valence-electron chi connectivity index (χ4n) is 2.94. The van der Waals surface area contributed by atoms with E-state index >= 15 is 0 Å². The molecule has 0 aliphatic carbocycles. The van der Waals surface area contributed by atoms with Gasteiger partial charge in [-0.05, 0) is 35.9 Å². The lowest BCUT2D eigenvalue weighted by molar-refractivity contribution is 0.0951. The maximum Gasteiger partial charge on any atom is 0.295 e. The molecule has 0 saturated heterocycles. The van der Waals surface area contributed by atoms with Crippen LogP contribution in [-0.4, -0.2) is 29.1 Å². The first-order valence-electron chi connectivity index (χ1n) is 8.65. The van der Waals surface area contributed by atoms with E-state index in [0.717, 1.165) is 12.0 Å². The minimum absolute atomic E-state index is 0.221. The summed E-state index contributed by atoms with van der Waals surface area (Å²) in [6.07, 6.45) is -1.94. The highest BCUT2D eigenvalue weighted by atomic mass is 35.5. The standard InChI is InChI=1S/C19H16ClF2N3O3/c20-12-6-10(7-15-16(12)28-5-1-4-27-15)9-23-19(26)11-2-3-13-14(8-11)25-18(24-13)17(21)22/h2-3,6-8,17H,1,4-5,9H2,(H,23,26)(H,24,25). The van der Waals surface area contributed by atoms with E-state index in [2.05, 4.69) is 15.3 Å². The largest absolute Gasteiger partial charge is 0.489 e. The smallest absolute Gasteiger partial charge is 0.295 e. The second kappa shape index (κ2) is 7.63. The van der Waals surface area contributed by atoms with Crippen LogP contribution in [0.5, 0.6) is 11.5 Å². The minimum atomic E-state index is -2.70. The number of imidazole rings is 1. The number of carbonyl (C=O) groups excluding carboxylic acids is 1. The fraction of sp³-hybridized carbons (Fsp3) is 0.263. The van der Waals surface area contributed by atoms with Gasteiger partial charge >= 0.3 is 0 Å². The predicted octanol–water partition coefficient (Wildman–Crippen LogP) is 4.25. The van der Waals surface area contributed by atoms with Crippen LogP contribution >= 0.6 is 11.6 Å². The number of amides is 1. The van der Waals surface area contributed by atoms with Crippen LogP contribution < -0.4 is 14.8 Å². The monoisotopic (exact) mass is 407 g/mol. The number of aromatic amines is 1. The fourth-order valence-corrected chi connectivity index (χ4v) is 3.23. The zero-order chi connectivity index (χ0) is 19.7. The van der Waals surface area contributed by atoms with E-state index in [1.165, 1.54) is 18.2 Å². The molecule has 2 heterocycles. The number of aromatic nitrogens is 2. The van der Waals surface area contributed by atoms with Crippen molar-refractivity contribution in [1.29, 1.82) is 0 Å². The molecule has 1 amide bonds. The normalized spacial score (nSPS) is 13.6. The van der Waals surface area contributed by atoms with Crippen LogP contribution in [0, 0.1) is 0 Å². The van der Waals surface area contributed by atoms with Crippen LogP contribution in [0.4, 0.5) is 8.78 Å². The third-order valence-corrected chi connectivity index (χ3v) is 4.56. The van der Waals surface area contributed by atoms with Crippen LogP contribution in [0.2, 0.25) is 5.02 Å². The molecule has 3 aromatic rings. The van der Waals surface area contributed by atoms with Gasteiger partial charge in [0.15, 0.2) is 17.3 Å². The summed E-state index contributed by atoms with van der Waals surface area (Å²) in [5.74, 6) is 0.286. The number of nitrogens with zero attached hydrogens (tertiary/aromatic N) is 1. The molecule has 1 aromatic heterocycles. The van der Waals surface area contributed by atoms with Gasteiger partial charge in [-0.25, -0.2) is 13.8 Å². The van der Waals surface area contributed by atoms with Crippen molar-refractivity contribution in [3.63, 3.8) is 0 Å². The van der Waals surface area contributed by atoms with Crippen molar-refractivity contribution < 1.29 is 23.0 Å². The number of ether oxygens (including phenoxy) is 2. The highest BCUT2D eigenvalue weighted by Crippen LogP contribution is 2.38. The molecule has 4 rings (SSSR count). The molecule has 0 saturated carbocycles. The van der Waals surface area contributed by atoms with Gasteiger partial charge in [-0.1, -0.05) is 11.6 Å². The summed E-state index contributed by atoms with van der Waals surface area (Å²) in [5.41, 5.74) is 1.84. The third-order valence-electron chi connectivity index (χ3n) is 4.28. The first-order valence-corrected chi connectivity index (χ1v) is 9.03. The molecular weight excluding hydrogens is 392 g/mol. The van der Waals surface area contributed by atoms with E-state index in [1.807, 2.05) is 0 Å². The Bertz CT molecular complexity index is 1040. The Morgan fingerprint density at radius 1 is 1.25 bits per heavy atom. The molecule has 0 unspecified atom stereocenters. The zero-order valence-corrected chi connectivity index (χ0v) is 15.4. The van der Waals surface area contributed by atoms with Gasteiger partial charge < -0.3 is 19.8 Å². The summed E-state index contributed by atoms with van der Waals surface area (Å²) in [7, 11) is 0. The van der Waals surface area contributed by atoms with Gasteiger partial charge in [0.2, 0.25) is 0 Å². The van der Waals surface area contributed by atoms with Crippen LogP contribution in [0.3, 0.4) is 0 Å². The first kappa shape index (κ1) is 18.5. The van der Waals surface area contributed by atoms with Crippen LogP contribution in [0.25, 0.3) is 11.0 Å². The Labute approximate surface area is 163 Å². The molecule has 146 valence electrons. The van der Waals surface area contributed by atoms with Gasteiger partial charge in [-0.2, -0.15) is 0 Å². The van der Waals surface area contributed by atoms with Crippen molar-refractivity contribution in [1.82, 2.24) is 15.3 Å². The number of H-pyrrole nitrogens is 1. The zero-order valence-electron chi connectivity index (χ0n) is 14.6. The average molecular weight is 408 g/mol. The summed E-state index contributed by atoms with van der Waals surface area (Å²) in [6, 6.07) is 8.04. The molecule has 0 spiro atoms. The number of benzene rings is 2. The van der Waals surface area contributed by atoms with Gasteiger partial charge in [0.05, 0.1) is 29.3 Å². The van der Waals surface area contributed by atoms with E-state index in [9.17, 15) is 13.6 Å². The van der Waals surface area contributed by atoms with Crippen molar-refractivity contribution in [2.45, 2.75) is 19.4 Å². The quantitative estimate of drug-likeness (QED) is 0.678. The Morgan fingerprint density at radius 3 is 2.89 bits per heavy atom. The van der Waals surface area contributed by atoms with Crippen molar-refractivity contribution in [3.05, 3.63) is 52.3 Å². The third kappa shape index (κ3) is 3.73. The number of alkyl halides is 2. The van der Waals surface area contributed by atoms with Crippen LogP contribution in [-0.2, 0) is 6.54 Å². The second-order valence-electron chi connectivity index (χ2n) is 6.29. The Balaban J connectivity index is 1.49. The Hall–Kier alpha value is -2.87. The van der Waals surface area contributed by atoms with E-state index < -0.39 is 12.2 Å². The van der Waals surface area contributed by atoms with Crippen molar-refractivity contribution in [2.24, 2.45) is 0 Å². The molecule has 6 nitrogen and oxygen atoms in total. The number of halogens is 3. The van der Waals surface area contributed by atoms with E-state index in [-0.39, 0.29) is 12.5 Å². The van der Waals surface area contributed by atoms with E-state index in [4.69, 9.17) is 21.1 Å². The van der Waals surface area contributed by atoms with Gasteiger partial charge in [-0.15, -0.1) is 0 Å². The molecule has 9 heteroatoms. The summed E-state index contributed by atoms with van der Waals surface area (Å²) in [5, 5.41) is 3.20. The van der Waals surface area contributed by atoms with Gasteiger partial charge in [0, 0.05) is 18.5 Å². The lowest BCUT2D eigenvalue weighted by Gasteiger charge is -2.12. The lowest BCUT2D eigenvalue weighted by Crippen LogP contribution is -2.22. The van der Waals surface area contributed by atoms with Gasteiger partial charge in [0.1, 0.15) is 0 Å². The highest BCUT2D eigenvalue weighted by molar-refractivity contribution is 6.32. The van der Waals surface area contributed by atoms with Crippen molar-refractivity contribution in [3.8, 4) is 11.5 Å². The first-order chi connectivity index (χ1) is 13.5. The number of hydrogen-bond acceptors (Lipinski definition) is 4. The van der Waals surface area contributed by atoms with Crippen LogP contribution in [0.1, 0.15) is 34.6 Å². The number of nitrogens with one attached hydrogen (secondary N) is 2. The average Bonchev–Trinajstić information content (AvgIpc) is 2.96. The maximum absolute atomic E-state index is 12.7. The van der Waals surface area contributed by atoms with E-state index in [0.29, 0.717) is 46.3 Å². The number of carbonyl (C=O) groups is 1. The minimum Gasteiger partial charge on any atom is -0.489 e. The maximum atomic E-state index is 12.7. The number of rotatable bonds is 4. The summed E-state index contributed by atoms with van der Waals surface area (Å²) < 4.78 is 36.7. The van der Waals surface area contributed by atoms with Crippen molar-refractivity contribution in [2.75, 3.05) is 13.2 Å². The van der Waals surface area contributed by atoms with Crippen LogP contribution in [0.15, 0.2) is 30.3 Å². The molecule has 0 bridgehead atoms. The second-order valence-corrected chi connectivity index (χ2v) is 6.70. The molecule has 2 N–H and O–H groups in total. The summed E-state index contributed by atoms with van der Waals surface area (Å²) in [6.45, 7) is 1.29. The van der Waals surface area contributed by atoms with Gasteiger partial charge in [0.25, 0.3) is 12.3 Å². The van der Waals surface area contributed by atoms with Gasteiger partial charge in [-0.3, -0.25) is 4.79 Å². The van der Waals surface area contributed by atoms with E-state index in [1.54, 1.807) is 12.1 Å². The number of hydrogen-bond donors (Lipinski definition) is 2. The molecular formula is C19H16ClF2N3O3.